The van der Waals surface area contributed by atoms with Gasteiger partial charge < -0.3 is 5.11 Å². The summed E-state index contributed by atoms with van der Waals surface area (Å²) in [6.07, 6.45) is 17.2. The average molecular weight is 387 g/mol. The summed E-state index contributed by atoms with van der Waals surface area (Å²) >= 11 is 0. The fraction of sp³-hybridized carbons (Fsp3) is 0.926. The number of hydrogen-bond acceptors (Lipinski definition) is 1. The van der Waals surface area contributed by atoms with E-state index in [4.69, 9.17) is 0 Å². The second kappa shape index (κ2) is 7.75. The Hall–Kier alpha value is -0.300. The van der Waals surface area contributed by atoms with Crippen molar-refractivity contribution in [3.63, 3.8) is 0 Å². The van der Waals surface area contributed by atoms with Crippen LogP contribution in [0.5, 0.6) is 0 Å². The molecule has 4 aliphatic carbocycles. The molecule has 4 rings (SSSR count). The first-order valence-corrected chi connectivity index (χ1v) is 12.6. The number of hydrogen-bond donors (Lipinski definition) is 1. The SMILES string of the molecule is CC(C)CCC[C@@H](C)[C@H]1CC[C@H]2C3=CCC4C[C@H](O)CC[C@]4(C)[C@H]3CC[C@]12C. The molecule has 0 saturated heterocycles. The first-order valence-electron chi connectivity index (χ1n) is 12.6. The molecule has 0 heterocycles. The molecule has 0 amide bonds. The molecule has 0 bridgehead atoms. The summed E-state index contributed by atoms with van der Waals surface area (Å²) in [5.41, 5.74) is 2.89. The summed E-state index contributed by atoms with van der Waals surface area (Å²) in [5, 5.41) is 10.2. The molecule has 1 N–H and O–H groups in total. The molecule has 4 aliphatic rings. The van der Waals surface area contributed by atoms with Crippen LogP contribution in [0.3, 0.4) is 0 Å². The number of aliphatic hydroxyl groups is 1. The largest absolute Gasteiger partial charge is 0.393 e. The highest BCUT2D eigenvalue weighted by atomic mass is 16.3. The lowest BCUT2D eigenvalue weighted by Gasteiger charge is -2.57. The highest BCUT2D eigenvalue weighted by Crippen LogP contribution is 2.66. The van der Waals surface area contributed by atoms with E-state index in [0.29, 0.717) is 10.8 Å². The Morgan fingerprint density at radius 1 is 0.964 bits per heavy atom. The highest BCUT2D eigenvalue weighted by Gasteiger charge is 2.58. The fourth-order valence-corrected chi connectivity index (χ4v) is 8.51. The summed E-state index contributed by atoms with van der Waals surface area (Å²) in [4.78, 5) is 0. The molecule has 3 fully saturated rings. The molecule has 0 aromatic heterocycles. The van der Waals surface area contributed by atoms with Gasteiger partial charge in [0, 0.05) is 0 Å². The van der Waals surface area contributed by atoms with Crippen LogP contribution in [-0.2, 0) is 0 Å². The van der Waals surface area contributed by atoms with Crippen LogP contribution in [-0.4, -0.2) is 11.2 Å². The van der Waals surface area contributed by atoms with Gasteiger partial charge >= 0.3 is 0 Å². The molecule has 0 radical (unpaired) electrons. The van der Waals surface area contributed by atoms with Crippen molar-refractivity contribution >= 4 is 0 Å². The lowest BCUT2D eigenvalue weighted by atomic mass is 9.47. The van der Waals surface area contributed by atoms with Crippen molar-refractivity contribution in [2.24, 2.45) is 46.3 Å². The van der Waals surface area contributed by atoms with Crippen LogP contribution in [0, 0.1) is 46.3 Å². The predicted octanol–water partition coefficient (Wildman–Crippen LogP) is 7.39. The topological polar surface area (TPSA) is 20.2 Å². The predicted molar refractivity (Wildman–Crippen MR) is 119 cm³/mol. The molecule has 8 atom stereocenters. The van der Waals surface area contributed by atoms with E-state index in [0.717, 1.165) is 48.3 Å². The highest BCUT2D eigenvalue weighted by molar-refractivity contribution is 5.27. The van der Waals surface area contributed by atoms with E-state index >= 15 is 0 Å². The van der Waals surface area contributed by atoms with E-state index in [2.05, 4.69) is 40.7 Å². The Morgan fingerprint density at radius 2 is 1.68 bits per heavy atom. The summed E-state index contributed by atoms with van der Waals surface area (Å²) < 4.78 is 0. The number of allylic oxidation sites excluding steroid dienone is 2. The van der Waals surface area contributed by atoms with Gasteiger partial charge in [0.1, 0.15) is 0 Å². The molecule has 0 aromatic carbocycles. The number of rotatable bonds is 5. The summed E-state index contributed by atoms with van der Waals surface area (Å²) in [5.74, 6) is 5.07. The zero-order chi connectivity index (χ0) is 20.1. The molecule has 28 heavy (non-hydrogen) atoms. The lowest BCUT2D eigenvalue weighted by Crippen LogP contribution is -2.49. The molecule has 0 aliphatic heterocycles. The quantitative estimate of drug-likeness (QED) is 0.488. The normalized spacial score (nSPS) is 46.5. The minimum atomic E-state index is -0.0376. The lowest BCUT2D eigenvalue weighted by molar-refractivity contribution is -0.0427. The van der Waals surface area contributed by atoms with E-state index in [1.807, 2.05) is 5.57 Å². The maximum Gasteiger partial charge on any atom is 0.0543 e. The van der Waals surface area contributed by atoms with Crippen molar-refractivity contribution < 1.29 is 5.11 Å². The van der Waals surface area contributed by atoms with Crippen molar-refractivity contribution in [1.82, 2.24) is 0 Å². The monoisotopic (exact) mass is 386 g/mol. The third-order valence-electron chi connectivity index (χ3n) is 10.3. The van der Waals surface area contributed by atoms with E-state index in [-0.39, 0.29) is 6.10 Å². The average Bonchev–Trinajstić information content (AvgIpc) is 2.99. The van der Waals surface area contributed by atoms with Crippen LogP contribution in [0.4, 0.5) is 0 Å². The van der Waals surface area contributed by atoms with Gasteiger partial charge in [0.2, 0.25) is 0 Å². The molecule has 3 saturated carbocycles. The van der Waals surface area contributed by atoms with Crippen LogP contribution in [0.15, 0.2) is 11.6 Å². The first-order chi connectivity index (χ1) is 13.3. The Balaban J connectivity index is 1.50. The summed E-state index contributed by atoms with van der Waals surface area (Å²) in [6, 6.07) is 0. The van der Waals surface area contributed by atoms with Crippen molar-refractivity contribution in [3.05, 3.63) is 11.6 Å². The van der Waals surface area contributed by atoms with Crippen LogP contribution < -0.4 is 0 Å². The zero-order valence-corrected chi connectivity index (χ0v) is 19.3. The third-order valence-corrected chi connectivity index (χ3v) is 10.3. The third kappa shape index (κ3) is 3.42. The minimum Gasteiger partial charge on any atom is -0.393 e. The molecule has 1 unspecified atom stereocenters. The number of fused-ring (bicyclic) bond motifs is 5. The molecular formula is C27H46O. The standard InChI is InChI=1S/C27H46O/c1-18(2)7-6-8-19(3)23-11-12-24-22-10-9-20-17-21(28)13-15-26(20,4)25(22)14-16-27(23,24)5/h10,18-21,23-25,28H,6-9,11-17H2,1-5H3/t19-,20?,21-,23-,24+,25+,26+,27-/m1/s1. The van der Waals surface area contributed by atoms with Gasteiger partial charge in [0.25, 0.3) is 0 Å². The van der Waals surface area contributed by atoms with E-state index in [1.165, 1.54) is 57.8 Å². The summed E-state index contributed by atoms with van der Waals surface area (Å²) in [6.45, 7) is 12.6. The van der Waals surface area contributed by atoms with Crippen LogP contribution in [0.25, 0.3) is 0 Å². The minimum absolute atomic E-state index is 0.0376. The molecule has 0 aromatic rings. The van der Waals surface area contributed by atoms with Crippen molar-refractivity contribution in [2.45, 2.75) is 111 Å². The first kappa shape index (κ1) is 21.0. The van der Waals surface area contributed by atoms with Gasteiger partial charge in [0.15, 0.2) is 0 Å². The Bertz CT molecular complexity index is 591. The second-order valence-corrected chi connectivity index (χ2v) is 12.2. The van der Waals surface area contributed by atoms with Crippen LogP contribution >= 0.6 is 0 Å². The summed E-state index contributed by atoms with van der Waals surface area (Å²) in [7, 11) is 0. The van der Waals surface area contributed by atoms with Gasteiger partial charge in [-0.15, -0.1) is 0 Å². The van der Waals surface area contributed by atoms with Gasteiger partial charge in [-0.2, -0.15) is 0 Å². The van der Waals surface area contributed by atoms with Gasteiger partial charge in [-0.1, -0.05) is 65.5 Å². The molecule has 160 valence electrons. The Labute approximate surface area is 174 Å². The number of aliphatic hydroxyl groups excluding tert-OH is 1. The maximum absolute atomic E-state index is 10.2. The molecule has 0 spiro atoms. The molecular weight excluding hydrogens is 340 g/mol. The van der Waals surface area contributed by atoms with Crippen molar-refractivity contribution in [1.29, 1.82) is 0 Å². The van der Waals surface area contributed by atoms with E-state index < -0.39 is 0 Å². The van der Waals surface area contributed by atoms with Gasteiger partial charge in [0.05, 0.1) is 6.10 Å². The Morgan fingerprint density at radius 3 is 2.43 bits per heavy atom. The smallest absolute Gasteiger partial charge is 0.0543 e. The van der Waals surface area contributed by atoms with Crippen molar-refractivity contribution in [3.8, 4) is 0 Å². The van der Waals surface area contributed by atoms with E-state index in [9.17, 15) is 5.11 Å². The second-order valence-electron chi connectivity index (χ2n) is 12.2. The van der Waals surface area contributed by atoms with Gasteiger partial charge in [-0.25, -0.2) is 0 Å². The van der Waals surface area contributed by atoms with Gasteiger partial charge in [-0.05, 0) is 97.7 Å². The fourth-order valence-electron chi connectivity index (χ4n) is 8.51. The molecule has 1 nitrogen and oxygen atoms in total. The maximum atomic E-state index is 10.2. The van der Waals surface area contributed by atoms with Gasteiger partial charge in [-0.3, -0.25) is 0 Å². The Kier molecular flexibility index (Phi) is 5.80. The van der Waals surface area contributed by atoms with Crippen LogP contribution in [0.1, 0.15) is 105 Å². The van der Waals surface area contributed by atoms with E-state index in [1.54, 1.807) is 0 Å². The van der Waals surface area contributed by atoms with Crippen molar-refractivity contribution in [2.75, 3.05) is 0 Å². The zero-order valence-electron chi connectivity index (χ0n) is 19.3. The van der Waals surface area contributed by atoms with Crippen LogP contribution in [0.2, 0.25) is 0 Å². The molecule has 1 heteroatoms.